The molecule has 1 aromatic rings. The fraction of sp³-hybridized carbons (Fsp3) is 0.722. The normalized spacial score (nSPS) is 15.5. The first kappa shape index (κ1) is 16.1. The summed E-state index contributed by atoms with van der Waals surface area (Å²) in [7, 11) is 0. The molecular formula is C18H31N3. The van der Waals surface area contributed by atoms with Crippen LogP contribution in [0.1, 0.15) is 53.4 Å². The summed E-state index contributed by atoms with van der Waals surface area (Å²) in [5.41, 5.74) is 1.21. The minimum absolute atomic E-state index is 0.538. The Morgan fingerprint density at radius 1 is 1.10 bits per heavy atom. The molecule has 1 aliphatic rings. The number of aromatic nitrogens is 1. The Kier molecular flexibility index (Phi) is 5.89. The van der Waals surface area contributed by atoms with E-state index in [0.717, 1.165) is 18.9 Å². The SMILES string of the molecule is CC(C)CC(CC(C)C)Nc1cccnc1N1CCCC1. The van der Waals surface area contributed by atoms with Crippen LogP contribution in [-0.4, -0.2) is 24.1 Å². The van der Waals surface area contributed by atoms with Gasteiger partial charge < -0.3 is 10.2 Å². The molecule has 1 fully saturated rings. The van der Waals surface area contributed by atoms with Crippen LogP contribution in [0.2, 0.25) is 0 Å². The van der Waals surface area contributed by atoms with Crippen molar-refractivity contribution >= 4 is 11.5 Å². The highest BCUT2D eigenvalue weighted by Gasteiger charge is 2.19. The number of rotatable bonds is 7. The number of nitrogens with zero attached hydrogens (tertiary/aromatic N) is 2. The van der Waals surface area contributed by atoms with E-state index in [0.29, 0.717) is 17.9 Å². The third-order valence-electron chi connectivity index (χ3n) is 4.06. The smallest absolute Gasteiger partial charge is 0.151 e. The number of hydrogen-bond donors (Lipinski definition) is 1. The van der Waals surface area contributed by atoms with E-state index < -0.39 is 0 Å². The van der Waals surface area contributed by atoms with Crippen LogP contribution in [-0.2, 0) is 0 Å². The van der Waals surface area contributed by atoms with Crippen molar-refractivity contribution < 1.29 is 0 Å². The van der Waals surface area contributed by atoms with Crippen LogP contribution < -0.4 is 10.2 Å². The first-order valence-electron chi connectivity index (χ1n) is 8.52. The molecule has 118 valence electrons. The molecule has 0 bridgehead atoms. The molecule has 1 N–H and O–H groups in total. The Morgan fingerprint density at radius 2 is 1.71 bits per heavy atom. The molecule has 3 nitrogen and oxygen atoms in total. The Labute approximate surface area is 130 Å². The maximum atomic E-state index is 4.64. The third-order valence-corrected chi connectivity index (χ3v) is 4.06. The van der Waals surface area contributed by atoms with E-state index in [2.05, 4.69) is 49.0 Å². The van der Waals surface area contributed by atoms with E-state index in [4.69, 9.17) is 0 Å². The number of hydrogen-bond acceptors (Lipinski definition) is 3. The Balaban J connectivity index is 2.11. The van der Waals surface area contributed by atoms with E-state index in [1.165, 1.54) is 31.4 Å². The van der Waals surface area contributed by atoms with Gasteiger partial charge in [0.1, 0.15) is 0 Å². The summed E-state index contributed by atoms with van der Waals surface area (Å²) in [6, 6.07) is 4.77. The highest BCUT2D eigenvalue weighted by molar-refractivity contribution is 5.66. The largest absolute Gasteiger partial charge is 0.379 e. The Bertz CT molecular complexity index is 412. The molecule has 21 heavy (non-hydrogen) atoms. The second-order valence-electron chi connectivity index (χ2n) is 7.17. The monoisotopic (exact) mass is 289 g/mol. The van der Waals surface area contributed by atoms with Crippen LogP contribution in [0.15, 0.2) is 18.3 Å². The van der Waals surface area contributed by atoms with Gasteiger partial charge in [0.15, 0.2) is 5.82 Å². The van der Waals surface area contributed by atoms with Crippen LogP contribution in [0, 0.1) is 11.8 Å². The van der Waals surface area contributed by atoms with Crippen molar-refractivity contribution in [2.45, 2.75) is 59.4 Å². The van der Waals surface area contributed by atoms with E-state index in [1.54, 1.807) is 0 Å². The molecule has 1 aliphatic heterocycles. The molecule has 0 saturated carbocycles. The van der Waals surface area contributed by atoms with Crippen LogP contribution in [0.25, 0.3) is 0 Å². The molecule has 0 atom stereocenters. The van der Waals surface area contributed by atoms with E-state index in [-0.39, 0.29) is 0 Å². The molecule has 2 heterocycles. The van der Waals surface area contributed by atoms with Crippen molar-refractivity contribution in [1.29, 1.82) is 0 Å². The van der Waals surface area contributed by atoms with Gasteiger partial charge >= 0.3 is 0 Å². The predicted octanol–water partition coefficient (Wildman–Crippen LogP) is 4.55. The maximum absolute atomic E-state index is 4.64. The zero-order chi connectivity index (χ0) is 15.2. The topological polar surface area (TPSA) is 28.2 Å². The fourth-order valence-corrected chi connectivity index (χ4v) is 3.26. The molecule has 3 heteroatoms. The van der Waals surface area contributed by atoms with Gasteiger partial charge in [0, 0.05) is 25.3 Å². The molecule has 0 aliphatic carbocycles. The zero-order valence-electron chi connectivity index (χ0n) is 14.1. The van der Waals surface area contributed by atoms with Crippen molar-refractivity contribution in [2.75, 3.05) is 23.3 Å². The van der Waals surface area contributed by atoms with Gasteiger partial charge in [0.2, 0.25) is 0 Å². The van der Waals surface area contributed by atoms with Gasteiger partial charge in [-0.1, -0.05) is 27.7 Å². The Hall–Kier alpha value is -1.25. The first-order chi connectivity index (χ1) is 10.1. The molecule has 0 radical (unpaired) electrons. The van der Waals surface area contributed by atoms with Gasteiger partial charge in [0.25, 0.3) is 0 Å². The molecular weight excluding hydrogens is 258 g/mol. The highest BCUT2D eigenvalue weighted by atomic mass is 15.2. The van der Waals surface area contributed by atoms with Gasteiger partial charge in [-0.15, -0.1) is 0 Å². The molecule has 0 amide bonds. The predicted molar refractivity (Wildman–Crippen MR) is 92.0 cm³/mol. The molecule has 1 aromatic heterocycles. The van der Waals surface area contributed by atoms with Crippen LogP contribution in [0.5, 0.6) is 0 Å². The van der Waals surface area contributed by atoms with Crippen molar-refractivity contribution in [3.8, 4) is 0 Å². The summed E-state index contributed by atoms with van der Waals surface area (Å²) in [5.74, 6) is 2.58. The van der Waals surface area contributed by atoms with Crippen LogP contribution in [0.3, 0.4) is 0 Å². The van der Waals surface area contributed by atoms with Gasteiger partial charge in [-0.25, -0.2) is 4.98 Å². The number of anilines is 2. The van der Waals surface area contributed by atoms with Gasteiger partial charge in [-0.05, 0) is 49.7 Å². The molecule has 1 saturated heterocycles. The summed E-state index contributed by atoms with van der Waals surface area (Å²) < 4.78 is 0. The average molecular weight is 289 g/mol. The van der Waals surface area contributed by atoms with Gasteiger partial charge in [0.05, 0.1) is 5.69 Å². The van der Waals surface area contributed by atoms with E-state index in [9.17, 15) is 0 Å². The fourth-order valence-electron chi connectivity index (χ4n) is 3.26. The van der Waals surface area contributed by atoms with Gasteiger partial charge in [-0.3, -0.25) is 0 Å². The zero-order valence-corrected chi connectivity index (χ0v) is 14.1. The van der Waals surface area contributed by atoms with E-state index >= 15 is 0 Å². The summed E-state index contributed by atoms with van der Waals surface area (Å²) in [5, 5.41) is 3.78. The lowest BCUT2D eigenvalue weighted by molar-refractivity contribution is 0.442. The lowest BCUT2D eigenvalue weighted by Gasteiger charge is -2.27. The summed E-state index contributed by atoms with van der Waals surface area (Å²) in [6.07, 6.45) is 6.92. The lowest BCUT2D eigenvalue weighted by atomic mass is 9.95. The third kappa shape index (κ3) is 4.90. The van der Waals surface area contributed by atoms with E-state index in [1.807, 2.05) is 12.3 Å². The molecule has 2 rings (SSSR count). The summed E-state index contributed by atoms with van der Waals surface area (Å²) in [4.78, 5) is 7.06. The number of nitrogens with one attached hydrogen (secondary N) is 1. The second kappa shape index (κ2) is 7.67. The van der Waals surface area contributed by atoms with Crippen LogP contribution >= 0.6 is 0 Å². The number of pyridine rings is 1. The highest BCUT2D eigenvalue weighted by Crippen LogP contribution is 2.28. The lowest BCUT2D eigenvalue weighted by Crippen LogP contribution is -2.26. The summed E-state index contributed by atoms with van der Waals surface area (Å²) in [6.45, 7) is 11.5. The summed E-state index contributed by atoms with van der Waals surface area (Å²) >= 11 is 0. The van der Waals surface area contributed by atoms with Crippen molar-refractivity contribution in [3.63, 3.8) is 0 Å². The van der Waals surface area contributed by atoms with Crippen molar-refractivity contribution in [3.05, 3.63) is 18.3 Å². The second-order valence-corrected chi connectivity index (χ2v) is 7.17. The standard InChI is InChI=1S/C18H31N3/c1-14(2)12-16(13-15(3)4)20-17-8-7-9-19-18(17)21-10-5-6-11-21/h7-9,14-16,20H,5-6,10-13H2,1-4H3. The minimum atomic E-state index is 0.538. The molecule has 0 spiro atoms. The Morgan fingerprint density at radius 3 is 2.29 bits per heavy atom. The van der Waals surface area contributed by atoms with Crippen molar-refractivity contribution in [2.24, 2.45) is 11.8 Å². The quantitative estimate of drug-likeness (QED) is 0.798. The molecule has 0 aromatic carbocycles. The minimum Gasteiger partial charge on any atom is -0.379 e. The molecule has 0 unspecified atom stereocenters. The van der Waals surface area contributed by atoms with Gasteiger partial charge in [-0.2, -0.15) is 0 Å². The first-order valence-corrected chi connectivity index (χ1v) is 8.52. The van der Waals surface area contributed by atoms with Crippen molar-refractivity contribution in [1.82, 2.24) is 4.98 Å². The van der Waals surface area contributed by atoms with Crippen LogP contribution in [0.4, 0.5) is 11.5 Å². The average Bonchev–Trinajstić information content (AvgIpc) is 2.91. The maximum Gasteiger partial charge on any atom is 0.151 e.